The molecule has 0 saturated heterocycles. The molecule has 6 heteroatoms. The molecule has 1 unspecified atom stereocenters. The van der Waals surface area contributed by atoms with E-state index >= 15 is 0 Å². The summed E-state index contributed by atoms with van der Waals surface area (Å²) in [5.41, 5.74) is -0.640. The molecule has 1 saturated carbocycles. The zero-order valence-electron chi connectivity index (χ0n) is 9.86. The Morgan fingerprint density at radius 2 is 1.89 bits per heavy atom. The Balaban J connectivity index is 2.13. The van der Waals surface area contributed by atoms with Gasteiger partial charge in [0.1, 0.15) is 11.6 Å². The van der Waals surface area contributed by atoms with Crippen LogP contribution in [0.2, 0.25) is 0 Å². The fraction of sp³-hybridized carbons (Fsp3) is 0.462. The summed E-state index contributed by atoms with van der Waals surface area (Å²) >= 11 is 2.91. The van der Waals surface area contributed by atoms with Crippen molar-refractivity contribution in [3.05, 3.63) is 33.8 Å². The number of hydrogen-bond acceptors (Lipinski definition) is 1. The van der Waals surface area contributed by atoms with E-state index in [-0.39, 0.29) is 23.7 Å². The van der Waals surface area contributed by atoms with Crippen molar-refractivity contribution in [3.8, 4) is 0 Å². The van der Waals surface area contributed by atoms with Crippen LogP contribution in [0.15, 0.2) is 16.6 Å². The van der Waals surface area contributed by atoms with Gasteiger partial charge >= 0.3 is 0 Å². The maximum atomic E-state index is 13.5. The van der Waals surface area contributed by atoms with Crippen LogP contribution in [0, 0.1) is 17.6 Å². The Kier molecular flexibility index (Phi) is 3.99. The number of Topliss-reactive ketones (excluding diaryl/α,β-unsaturated/α-hetero) is 1. The first kappa shape index (κ1) is 14.5. The molecule has 1 nitrogen and oxygen atoms in total. The molecule has 1 aromatic carbocycles. The van der Waals surface area contributed by atoms with Gasteiger partial charge in [-0.3, -0.25) is 4.79 Å². The maximum Gasteiger partial charge on any atom is 0.248 e. The summed E-state index contributed by atoms with van der Waals surface area (Å²) in [4.78, 5) is 11.8. The SMILES string of the molecule is O=C(CC1CCC(F)(F)C1)c1c(F)cc(Br)cc1F. The highest BCUT2D eigenvalue weighted by Crippen LogP contribution is 2.41. The molecule has 0 aliphatic heterocycles. The molecule has 104 valence electrons. The van der Waals surface area contributed by atoms with Crippen LogP contribution in [0.4, 0.5) is 17.6 Å². The molecular formula is C13H11BrF4O. The van der Waals surface area contributed by atoms with Gasteiger partial charge in [-0.1, -0.05) is 15.9 Å². The molecule has 0 bridgehead atoms. The lowest BCUT2D eigenvalue weighted by molar-refractivity contribution is 0.00497. The van der Waals surface area contributed by atoms with Gasteiger partial charge in [-0.15, -0.1) is 0 Å². The second-order valence-corrected chi connectivity index (χ2v) is 5.75. The second-order valence-electron chi connectivity index (χ2n) is 4.84. The highest BCUT2D eigenvalue weighted by molar-refractivity contribution is 9.10. The first-order chi connectivity index (χ1) is 8.78. The van der Waals surface area contributed by atoms with Crippen LogP contribution in [0.1, 0.15) is 36.0 Å². The van der Waals surface area contributed by atoms with Gasteiger partial charge in [0, 0.05) is 23.7 Å². The molecule has 2 rings (SSSR count). The summed E-state index contributed by atoms with van der Waals surface area (Å²) in [6, 6.07) is 1.97. The lowest BCUT2D eigenvalue weighted by Crippen LogP contribution is -2.13. The van der Waals surface area contributed by atoms with Gasteiger partial charge in [0.2, 0.25) is 5.92 Å². The Labute approximate surface area is 116 Å². The number of rotatable bonds is 3. The fourth-order valence-electron chi connectivity index (χ4n) is 2.39. The van der Waals surface area contributed by atoms with Gasteiger partial charge in [-0.2, -0.15) is 0 Å². The summed E-state index contributed by atoms with van der Waals surface area (Å²) in [6.45, 7) is 0. The van der Waals surface area contributed by atoms with Gasteiger partial charge in [0.05, 0.1) is 5.56 Å². The van der Waals surface area contributed by atoms with E-state index < -0.39 is 41.2 Å². The fourth-order valence-corrected chi connectivity index (χ4v) is 2.79. The molecule has 0 spiro atoms. The van der Waals surface area contributed by atoms with Crippen LogP contribution < -0.4 is 0 Å². The summed E-state index contributed by atoms with van der Waals surface area (Å²) in [5.74, 6) is -5.97. The Hall–Kier alpha value is -0.910. The minimum absolute atomic E-state index is 0.187. The van der Waals surface area contributed by atoms with Crippen molar-refractivity contribution in [1.29, 1.82) is 0 Å². The molecular weight excluding hydrogens is 328 g/mol. The Bertz CT molecular complexity index is 492. The summed E-state index contributed by atoms with van der Waals surface area (Å²) < 4.78 is 53.3. The first-order valence-corrected chi connectivity index (χ1v) is 6.63. The van der Waals surface area contributed by atoms with E-state index in [1.54, 1.807) is 0 Å². The van der Waals surface area contributed by atoms with Gasteiger partial charge < -0.3 is 0 Å². The second kappa shape index (κ2) is 5.23. The predicted octanol–water partition coefficient (Wildman–Crippen LogP) is 4.74. The lowest BCUT2D eigenvalue weighted by atomic mass is 9.96. The molecule has 0 amide bonds. The Morgan fingerprint density at radius 3 is 2.37 bits per heavy atom. The van der Waals surface area contributed by atoms with Gasteiger partial charge in [0.15, 0.2) is 5.78 Å². The van der Waals surface area contributed by atoms with E-state index in [0.717, 1.165) is 12.1 Å². The Morgan fingerprint density at radius 1 is 1.32 bits per heavy atom. The van der Waals surface area contributed by atoms with Crippen LogP contribution in [0.25, 0.3) is 0 Å². The molecule has 1 aliphatic rings. The smallest absolute Gasteiger partial charge is 0.248 e. The number of hydrogen-bond donors (Lipinski definition) is 0. The van der Waals surface area contributed by atoms with Crippen molar-refractivity contribution in [3.63, 3.8) is 0 Å². The number of ketones is 1. The van der Waals surface area contributed by atoms with E-state index in [1.165, 1.54) is 0 Å². The summed E-state index contributed by atoms with van der Waals surface area (Å²) in [5, 5.41) is 0. The molecule has 1 fully saturated rings. The van der Waals surface area contributed by atoms with Crippen LogP contribution in [-0.2, 0) is 0 Å². The average Bonchev–Trinajstić information content (AvgIpc) is 2.56. The maximum absolute atomic E-state index is 13.5. The van der Waals surface area contributed by atoms with Gasteiger partial charge in [-0.25, -0.2) is 17.6 Å². The standard InChI is InChI=1S/C13H11BrF4O/c14-8-4-9(15)12(10(16)5-8)11(19)3-7-1-2-13(17,18)6-7/h4-5,7H,1-3,6H2. The van der Waals surface area contributed by atoms with Crippen molar-refractivity contribution < 1.29 is 22.4 Å². The van der Waals surface area contributed by atoms with Crippen molar-refractivity contribution in [1.82, 2.24) is 0 Å². The molecule has 1 atom stereocenters. The predicted molar refractivity (Wildman–Crippen MR) is 65.3 cm³/mol. The topological polar surface area (TPSA) is 17.1 Å². The van der Waals surface area contributed by atoms with Crippen LogP contribution >= 0.6 is 15.9 Å². The van der Waals surface area contributed by atoms with E-state index in [2.05, 4.69) is 15.9 Å². The van der Waals surface area contributed by atoms with Crippen molar-refractivity contribution >= 4 is 21.7 Å². The minimum Gasteiger partial charge on any atom is -0.294 e. The first-order valence-electron chi connectivity index (χ1n) is 5.84. The average molecular weight is 339 g/mol. The zero-order chi connectivity index (χ0) is 14.2. The number of carbonyl (C=O) groups is 1. The normalized spacial score (nSPS) is 21.6. The van der Waals surface area contributed by atoms with Crippen molar-refractivity contribution in [2.75, 3.05) is 0 Å². The van der Waals surface area contributed by atoms with Crippen molar-refractivity contribution in [2.45, 2.75) is 31.6 Å². The van der Waals surface area contributed by atoms with Gasteiger partial charge in [-0.05, 0) is 24.5 Å². The molecule has 0 aromatic heterocycles. The number of alkyl halides is 2. The van der Waals surface area contributed by atoms with Crippen LogP contribution in [-0.4, -0.2) is 11.7 Å². The summed E-state index contributed by atoms with van der Waals surface area (Å²) in [6.07, 6.45) is -0.696. The third-order valence-electron chi connectivity index (χ3n) is 3.27. The van der Waals surface area contributed by atoms with Gasteiger partial charge in [0.25, 0.3) is 0 Å². The third kappa shape index (κ3) is 3.35. The van der Waals surface area contributed by atoms with Crippen LogP contribution in [0.3, 0.4) is 0 Å². The third-order valence-corrected chi connectivity index (χ3v) is 3.72. The molecule has 0 radical (unpaired) electrons. The van der Waals surface area contributed by atoms with E-state index in [0.29, 0.717) is 0 Å². The number of carbonyl (C=O) groups excluding carboxylic acids is 1. The molecule has 19 heavy (non-hydrogen) atoms. The summed E-state index contributed by atoms with van der Waals surface area (Å²) in [7, 11) is 0. The lowest BCUT2D eigenvalue weighted by Gasteiger charge is -2.11. The molecule has 0 N–H and O–H groups in total. The van der Waals surface area contributed by atoms with Crippen molar-refractivity contribution in [2.24, 2.45) is 5.92 Å². The van der Waals surface area contributed by atoms with E-state index in [1.807, 2.05) is 0 Å². The minimum atomic E-state index is -2.76. The highest BCUT2D eigenvalue weighted by Gasteiger charge is 2.40. The molecule has 0 heterocycles. The van der Waals surface area contributed by atoms with E-state index in [4.69, 9.17) is 0 Å². The quantitative estimate of drug-likeness (QED) is 0.574. The molecule has 1 aliphatic carbocycles. The highest BCUT2D eigenvalue weighted by atomic mass is 79.9. The number of halogens is 5. The monoisotopic (exact) mass is 338 g/mol. The molecule has 1 aromatic rings. The van der Waals surface area contributed by atoms with E-state index in [9.17, 15) is 22.4 Å². The largest absolute Gasteiger partial charge is 0.294 e. The number of benzene rings is 1. The zero-order valence-corrected chi connectivity index (χ0v) is 11.4. The van der Waals surface area contributed by atoms with Crippen LogP contribution in [0.5, 0.6) is 0 Å².